The molecule has 5 atom stereocenters. The third-order valence-corrected chi connectivity index (χ3v) is 3.60. The highest BCUT2D eigenvalue weighted by atomic mass is 31.2. The molecule has 11 heteroatoms. The monoisotopic (exact) mass is 325 g/mol. The molecule has 0 aliphatic carbocycles. The highest BCUT2D eigenvalue weighted by molar-refractivity contribution is 7.46. The fourth-order valence-corrected chi connectivity index (χ4v) is 2.47. The van der Waals surface area contributed by atoms with Crippen molar-refractivity contribution in [3.05, 3.63) is 12.2 Å². The molecule has 2 rings (SSSR count). The van der Waals surface area contributed by atoms with E-state index in [0.717, 1.165) is 12.2 Å². The lowest BCUT2D eigenvalue weighted by atomic mass is 9.94. The van der Waals surface area contributed by atoms with Crippen LogP contribution in [0.5, 0.6) is 0 Å². The van der Waals surface area contributed by atoms with E-state index in [1.807, 2.05) is 5.32 Å². The number of rotatable bonds is 4. The zero-order valence-corrected chi connectivity index (χ0v) is 11.4. The van der Waals surface area contributed by atoms with Crippen LogP contribution in [0.1, 0.15) is 0 Å². The van der Waals surface area contributed by atoms with Gasteiger partial charge in [-0.25, -0.2) is 8.96 Å². The Balaban J connectivity index is 2.06. The van der Waals surface area contributed by atoms with Gasteiger partial charge in [0.05, 0.1) is 12.5 Å². The van der Waals surface area contributed by atoms with Gasteiger partial charge in [-0.15, -0.1) is 0 Å². The zero-order chi connectivity index (χ0) is 15.8. The Kier molecular flexibility index (Phi) is 4.57. The third-order valence-electron chi connectivity index (χ3n) is 3.12. The maximum absolute atomic E-state index is 14.0. The molecule has 0 saturated carbocycles. The highest BCUT2D eigenvalue weighted by Crippen LogP contribution is 2.38. The molecule has 0 aromatic heterocycles. The Morgan fingerprint density at radius 3 is 2.67 bits per heavy atom. The molecule has 5 unspecified atom stereocenters. The first-order valence-electron chi connectivity index (χ1n) is 5.90. The number of phosphoric acid groups is 1. The van der Waals surface area contributed by atoms with Crippen molar-refractivity contribution in [1.82, 2.24) is 5.32 Å². The quantitative estimate of drug-likeness (QED) is 0.357. The molecule has 2 aliphatic rings. The van der Waals surface area contributed by atoms with Crippen LogP contribution in [0.2, 0.25) is 0 Å². The van der Waals surface area contributed by atoms with E-state index in [2.05, 4.69) is 4.52 Å². The number of hydrogen-bond acceptors (Lipinski definition) is 6. The fourth-order valence-electron chi connectivity index (χ4n) is 2.13. The first kappa shape index (κ1) is 16.2. The van der Waals surface area contributed by atoms with Crippen molar-refractivity contribution in [2.45, 2.75) is 24.5 Å². The van der Waals surface area contributed by atoms with Crippen molar-refractivity contribution in [3.63, 3.8) is 0 Å². The Labute approximate surface area is 118 Å². The molecule has 2 amide bonds. The Hall–Kier alpha value is -1.16. The largest absolute Gasteiger partial charge is 0.469 e. The van der Waals surface area contributed by atoms with Gasteiger partial charge in [0, 0.05) is 6.08 Å². The van der Waals surface area contributed by atoms with Crippen LogP contribution in [-0.4, -0.2) is 57.8 Å². The molecule has 0 radical (unpaired) electrons. The zero-order valence-electron chi connectivity index (χ0n) is 10.5. The second-order valence-corrected chi connectivity index (χ2v) is 5.84. The molecular formula is C10H13FNO8P. The van der Waals surface area contributed by atoms with E-state index < -0.39 is 56.6 Å². The number of carbonyl (C=O) groups is 2. The topological polar surface area (TPSA) is 142 Å². The average molecular weight is 325 g/mol. The standard InChI is InChI=1S/C10H13FNO8P/c11-7-8(14)5(3-19-21(16,17)18)20-9(7)4-1-2-6(13)12-10(4)15/h1-2,4-5,7-9,14H,3H2,(H,12,13,15)(H2,16,17,18). The van der Waals surface area contributed by atoms with Gasteiger partial charge in [-0.2, -0.15) is 0 Å². The van der Waals surface area contributed by atoms with Gasteiger partial charge in [0.2, 0.25) is 11.8 Å². The number of halogens is 1. The van der Waals surface area contributed by atoms with E-state index in [0.29, 0.717) is 0 Å². The van der Waals surface area contributed by atoms with E-state index >= 15 is 0 Å². The van der Waals surface area contributed by atoms with Crippen LogP contribution >= 0.6 is 7.82 Å². The van der Waals surface area contributed by atoms with E-state index in [1.165, 1.54) is 0 Å². The van der Waals surface area contributed by atoms with Crippen LogP contribution < -0.4 is 5.32 Å². The molecule has 9 nitrogen and oxygen atoms in total. The summed E-state index contributed by atoms with van der Waals surface area (Å²) in [4.78, 5) is 39.7. The summed E-state index contributed by atoms with van der Waals surface area (Å²) in [6, 6.07) is 0. The number of aliphatic hydroxyl groups excluding tert-OH is 1. The maximum Gasteiger partial charge on any atom is 0.469 e. The Bertz CT molecular complexity index is 519. The smallest absolute Gasteiger partial charge is 0.387 e. The lowest BCUT2D eigenvalue weighted by Gasteiger charge is -2.23. The number of hydrogen-bond donors (Lipinski definition) is 4. The minimum Gasteiger partial charge on any atom is -0.387 e. The Morgan fingerprint density at radius 1 is 1.43 bits per heavy atom. The fraction of sp³-hybridized carbons (Fsp3) is 0.600. The molecular weight excluding hydrogens is 312 g/mol. The van der Waals surface area contributed by atoms with Crippen LogP contribution in [0.25, 0.3) is 0 Å². The third kappa shape index (κ3) is 3.73. The summed E-state index contributed by atoms with van der Waals surface area (Å²) in [7, 11) is -4.79. The minimum atomic E-state index is -4.79. The predicted octanol–water partition coefficient (Wildman–Crippen LogP) is -1.61. The number of ether oxygens (including phenoxy) is 1. The first-order valence-corrected chi connectivity index (χ1v) is 7.43. The van der Waals surface area contributed by atoms with E-state index in [1.54, 1.807) is 0 Å². The van der Waals surface area contributed by atoms with E-state index in [-0.39, 0.29) is 0 Å². The van der Waals surface area contributed by atoms with Crippen LogP contribution in [0.4, 0.5) is 4.39 Å². The molecule has 1 saturated heterocycles. The number of carbonyl (C=O) groups excluding carboxylic acids is 2. The van der Waals surface area contributed by atoms with Gasteiger partial charge in [-0.1, -0.05) is 6.08 Å². The average Bonchev–Trinajstić information content (AvgIpc) is 2.64. The highest BCUT2D eigenvalue weighted by Gasteiger charge is 2.50. The summed E-state index contributed by atoms with van der Waals surface area (Å²) >= 11 is 0. The summed E-state index contributed by atoms with van der Waals surface area (Å²) in [6.07, 6.45) is -4.21. The van der Waals surface area contributed by atoms with Crippen molar-refractivity contribution < 1.29 is 42.7 Å². The lowest BCUT2D eigenvalue weighted by molar-refractivity contribution is -0.135. The molecule has 0 aromatic rings. The summed E-state index contributed by atoms with van der Waals surface area (Å²) < 4.78 is 33.8. The van der Waals surface area contributed by atoms with Crippen molar-refractivity contribution >= 4 is 19.6 Å². The number of aliphatic hydroxyl groups is 1. The van der Waals surface area contributed by atoms with Gasteiger partial charge in [0.15, 0.2) is 6.17 Å². The SMILES string of the molecule is O=C1C=CC(C2OC(COP(=O)(O)O)C(O)C2F)C(=O)N1. The van der Waals surface area contributed by atoms with Crippen molar-refractivity contribution in [2.24, 2.45) is 5.92 Å². The molecule has 4 N–H and O–H groups in total. The molecule has 0 aromatic carbocycles. The normalized spacial score (nSPS) is 36.9. The summed E-state index contributed by atoms with van der Waals surface area (Å²) in [6.45, 7) is -0.737. The van der Waals surface area contributed by atoms with Gasteiger partial charge in [0.25, 0.3) is 0 Å². The van der Waals surface area contributed by atoms with Crippen molar-refractivity contribution in [2.75, 3.05) is 6.61 Å². The van der Waals surface area contributed by atoms with Gasteiger partial charge >= 0.3 is 7.82 Å². The van der Waals surface area contributed by atoms with Crippen LogP contribution in [0.15, 0.2) is 12.2 Å². The number of phosphoric ester groups is 1. The van der Waals surface area contributed by atoms with Crippen LogP contribution in [-0.2, 0) is 23.4 Å². The molecule has 118 valence electrons. The molecule has 1 fully saturated rings. The second kappa shape index (κ2) is 5.91. The van der Waals surface area contributed by atoms with Gasteiger partial charge in [-0.05, 0) is 0 Å². The van der Waals surface area contributed by atoms with E-state index in [9.17, 15) is 23.7 Å². The maximum atomic E-state index is 14.0. The van der Waals surface area contributed by atoms with Crippen molar-refractivity contribution in [1.29, 1.82) is 0 Å². The number of nitrogens with one attached hydrogen (secondary N) is 1. The van der Waals surface area contributed by atoms with Crippen LogP contribution in [0.3, 0.4) is 0 Å². The van der Waals surface area contributed by atoms with Gasteiger partial charge in [0.1, 0.15) is 18.3 Å². The van der Waals surface area contributed by atoms with Gasteiger partial charge in [-0.3, -0.25) is 19.4 Å². The summed E-state index contributed by atoms with van der Waals surface area (Å²) in [5.74, 6) is -2.56. The molecule has 2 aliphatic heterocycles. The molecule has 2 heterocycles. The summed E-state index contributed by atoms with van der Waals surface area (Å²) in [5, 5.41) is 11.6. The van der Waals surface area contributed by atoms with E-state index in [4.69, 9.17) is 14.5 Å². The number of alkyl halides is 1. The Morgan fingerprint density at radius 2 is 2.10 bits per heavy atom. The second-order valence-electron chi connectivity index (χ2n) is 4.60. The lowest BCUT2D eigenvalue weighted by Crippen LogP contribution is -2.45. The predicted molar refractivity (Wildman–Crippen MR) is 63.3 cm³/mol. The molecule has 0 spiro atoms. The molecule has 0 bridgehead atoms. The first-order chi connectivity index (χ1) is 9.69. The number of imide groups is 1. The molecule has 21 heavy (non-hydrogen) atoms. The summed E-state index contributed by atoms with van der Waals surface area (Å²) in [5.41, 5.74) is 0. The van der Waals surface area contributed by atoms with Crippen LogP contribution in [0, 0.1) is 5.92 Å². The minimum absolute atomic E-state index is 0.647. The number of amides is 2. The van der Waals surface area contributed by atoms with Gasteiger partial charge < -0.3 is 19.6 Å². The van der Waals surface area contributed by atoms with Crippen molar-refractivity contribution in [3.8, 4) is 0 Å².